The zero-order valence-electron chi connectivity index (χ0n) is 23.5. The number of aromatic nitrogens is 6. The van der Waals surface area contributed by atoms with Crippen LogP contribution in [0.25, 0.3) is 77.8 Å². The van der Waals surface area contributed by atoms with Crippen molar-refractivity contribution >= 4 is 43.6 Å². The van der Waals surface area contributed by atoms with Gasteiger partial charge < -0.3 is 0 Å². The van der Waals surface area contributed by atoms with E-state index in [1.165, 1.54) is 10.8 Å². The monoisotopic (exact) mass is 564 g/mol. The molecule has 0 saturated heterocycles. The minimum atomic E-state index is 0.844. The van der Waals surface area contributed by atoms with Crippen LogP contribution in [0.1, 0.15) is 0 Å². The van der Waals surface area contributed by atoms with E-state index in [1.807, 2.05) is 24.8 Å². The minimum Gasteiger partial charge on any atom is -0.292 e. The van der Waals surface area contributed by atoms with Crippen LogP contribution < -0.4 is 0 Å². The molecule has 9 aromatic rings. The fourth-order valence-corrected chi connectivity index (χ4v) is 6.46. The van der Waals surface area contributed by atoms with Crippen LogP contribution in [0.3, 0.4) is 0 Å². The number of hydrogen-bond acceptors (Lipinski definition) is 4. The van der Waals surface area contributed by atoms with Crippen molar-refractivity contribution in [2.75, 3.05) is 0 Å². The summed E-state index contributed by atoms with van der Waals surface area (Å²) in [6.45, 7) is 0. The van der Waals surface area contributed by atoms with Gasteiger partial charge in [0.15, 0.2) is 0 Å². The maximum atomic E-state index is 5.22. The second-order valence-corrected chi connectivity index (χ2v) is 10.8. The molecule has 6 heteroatoms. The average Bonchev–Trinajstić information content (AvgIpc) is 3.62. The molecule has 0 N–H and O–H groups in total. The number of benzene rings is 3. The Balaban J connectivity index is 1.21. The Morgan fingerprint density at radius 1 is 0.364 bits per heavy atom. The van der Waals surface area contributed by atoms with Gasteiger partial charge in [-0.25, -0.2) is 9.97 Å². The maximum Gasteiger partial charge on any atom is 0.138 e. The number of para-hydroxylation sites is 2. The van der Waals surface area contributed by atoms with E-state index in [2.05, 4.69) is 140 Å². The summed E-state index contributed by atoms with van der Waals surface area (Å²) >= 11 is 0. The van der Waals surface area contributed by atoms with Crippen molar-refractivity contribution in [2.45, 2.75) is 0 Å². The largest absolute Gasteiger partial charge is 0.292 e. The van der Waals surface area contributed by atoms with Crippen molar-refractivity contribution in [1.82, 2.24) is 29.1 Å². The highest BCUT2D eigenvalue weighted by atomic mass is 15.1. The van der Waals surface area contributed by atoms with E-state index in [9.17, 15) is 0 Å². The molecular formula is C38H24N6. The van der Waals surface area contributed by atoms with Crippen LogP contribution in [0.4, 0.5) is 0 Å². The predicted molar refractivity (Wildman–Crippen MR) is 177 cm³/mol. The van der Waals surface area contributed by atoms with Crippen LogP contribution in [0.5, 0.6) is 0 Å². The molecule has 44 heavy (non-hydrogen) atoms. The van der Waals surface area contributed by atoms with Gasteiger partial charge in [0.25, 0.3) is 0 Å². The highest BCUT2D eigenvalue weighted by Crippen LogP contribution is 2.35. The van der Waals surface area contributed by atoms with E-state index in [4.69, 9.17) is 9.97 Å². The number of pyridine rings is 4. The standard InChI is InChI=1S/C38H24N6/c1-2-10-26(32-14-8-18-38(42-32)44-34-16-6-4-12-28(34)30-20-22-40-24-36(30)44)25(9-1)31-13-7-17-37(41-31)43-33-15-5-3-11-27(33)29-19-21-39-23-35(29)43/h1-24H. The van der Waals surface area contributed by atoms with E-state index in [0.717, 1.165) is 67.0 Å². The van der Waals surface area contributed by atoms with E-state index in [1.54, 1.807) is 0 Å². The average molecular weight is 565 g/mol. The quantitative estimate of drug-likeness (QED) is 0.214. The molecule has 0 aliphatic rings. The summed E-state index contributed by atoms with van der Waals surface area (Å²) < 4.78 is 4.39. The van der Waals surface area contributed by atoms with Crippen molar-refractivity contribution in [2.24, 2.45) is 0 Å². The molecule has 3 aromatic carbocycles. The first-order valence-electron chi connectivity index (χ1n) is 14.6. The van der Waals surface area contributed by atoms with Crippen LogP contribution in [-0.2, 0) is 0 Å². The third kappa shape index (κ3) is 3.68. The smallest absolute Gasteiger partial charge is 0.138 e. The van der Waals surface area contributed by atoms with Crippen LogP contribution in [0.2, 0.25) is 0 Å². The van der Waals surface area contributed by atoms with Crippen LogP contribution in [0.15, 0.2) is 146 Å². The Bertz CT molecular complexity index is 2240. The highest BCUT2D eigenvalue weighted by molar-refractivity contribution is 6.09. The van der Waals surface area contributed by atoms with Crippen molar-refractivity contribution in [1.29, 1.82) is 0 Å². The summed E-state index contributed by atoms with van der Waals surface area (Å²) in [6.07, 6.45) is 7.51. The number of hydrogen-bond donors (Lipinski definition) is 0. The van der Waals surface area contributed by atoms with Crippen molar-refractivity contribution in [3.05, 3.63) is 146 Å². The minimum absolute atomic E-state index is 0.844. The van der Waals surface area contributed by atoms with Crippen molar-refractivity contribution < 1.29 is 0 Å². The molecule has 6 aromatic heterocycles. The Morgan fingerprint density at radius 2 is 0.795 bits per heavy atom. The number of fused-ring (bicyclic) bond motifs is 6. The Hall–Kier alpha value is -6.14. The fourth-order valence-electron chi connectivity index (χ4n) is 6.46. The molecular weight excluding hydrogens is 540 g/mol. The summed E-state index contributed by atoms with van der Waals surface area (Å²) in [4.78, 5) is 19.3. The molecule has 9 rings (SSSR count). The van der Waals surface area contributed by atoms with Crippen LogP contribution in [-0.4, -0.2) is 29.1 Å². The third-order valence-electron chi connectivity index (χ3n) is 8.36. The second-order valence-electron chi connectivity index (χ2n) is 10.8. The summed E-state index contributed by atoms with van der Waals surface area (Å²) in [7, 11) is 0. The molecule has 0 radical (unpaired) electrons. The first-order valence-corrected chi connectivity index (χ1v) is 14.6. The number of rotatable bonds is 4. The van der Waals surface area contributed by atoms with Gasteiger partial charge in [0.1, 0.15) is 11.6 Å². The number of nitrogens with zero attached hydrogens (tertiary/aromatic N) is 6. The van der Waals surface area contributed by atoms with Crippen molar-refractivity contribution in [3.8, 4) is 34.2 Å². The Kier molecular flexibility index (Phi) is 5.40. The van der Waals surface area contributed by atoms with E-state index in [-0.39, 0.29) is 0 Å². The summed E-state index contributed by atoms with van der Waals surface area (Å²) in [5.41, 5.74) is 8.04. The zero-order valence-corrected chi connectivity index (χ0v) is 23.5. The van der Waals surface area contributed by atoms with Gasteiger partial charge in [0.2, 0.25) is 0 Å². The van der Waals surface area contributed by atoms with Gasteiger partial charge in [-0.2, -0.15) is 0 Å². The van der Waals surface area contributed by atoms with Gasteiger partial charge in [-0.3, -0.25) is 19.1 Å². The lowest BCUT2D eigenvalue weighted by Crippen LogP contribution is -2.00. The van der Waals surface area contributed by atoms with E-state index < -0.39 is 0 Å². The van der Waals surface area contributed by atoms with Gasteiger partial charge in [-0.05, 0) is 48.5 Å². The molecule has 0 aliphatic carbocycles. The van der Waals surface area contributed by atoms with Crippen LogP contribution >= 0.6 is 0 Å². The molecule has 0 spiro atoms. The van der Waals surface area contributed by atoms with Gasteiger partial charge >= 0.3 is 0 Å². The molecule has 0 fully saturated rings. The Morgan fingerprint density at radius 3 is 1.30 bits per heavy atom. The normalized spacial score (nSPS) is 11.6. The van der Waals surface area contributed by atoms with Gasteiger partial charge in [0.05, 0.1) is 45.8 Å². The predicted octanol–water partition coefficient (Wildman–Crippen LogP) is 8.79. The lowest BCUT2D eigenvalue weighted by molar-refractivity contribution is 1.07. The first-order chi connectivity index (χ1) is 21.8. The molecule has 6 nitrogen and oxygen atoms in total. The molecule has 0 amide bonds. The molecule has 0 atom stereocenters. The SMILES string of the molecule is c1cc(-c2ccccc2-c2cccc(-n3c4ccccc4c4ccncc43)n2)nc(-n2c3ccccc3c3ccncc32)c1. The molecule has 0 bridgehead atoms. The fraction of sp³-hybridized carbons (Fsp3) is 0. The topological polar surface area (TPSA) is 61.4 Å². The van der Waals surface area contributed by atoms with Crippen LogP contribution in [0, 0.1) is 0 Å². The molecule has 6 heterocycles. The lowest BCUT2D eigenvalue weighted by Gasteiger charge is -2.13. The molecule has 0 unspecified atom stereocenters. The summed E-state index contributed by atoms with van der Waals surface area (Å²) in [5.74, 6) is 1.69. The summed E-state index contributed by atoms with van der Waals surface area (Å²) in [5, 5.41) is 4.67. The van der Waals surface area contributed by atoms with Gasteiger partial charge in [0, 0.05) is 45.1 Å². The third-order valence-corrected chi connectivity index (χ3v) is 8.36. The van der Waals surface area contributed by atoms with E-state index >= 15 is 0 Å². The highest BCUT2D eigenvalue weighted by Gasteiger charge is 2.17. The van der Waals surface area contributed by atoms with Gasteiger partial charge in [-0.15, -0.1) is 0 Å². The van der Waals surface area contributed by atoms with Gasteiger partial charge in [-0.1, -0.05) is 72.8 Å². The first kappa shape index (κ1) is 24.5. The zero-order chi connectivity index (χ0) is 29.0. The van der Waals surface area contributed by atoms with Crippen molar-refractivity contribution in [3.63, 3.8) is 0 Å². The molecule has 206 valence electrons. The second kappa shape index (κ2) is 9.71. The molecule has 0 saturated carbocycles. The van der Waals surface area contributed by atoms with E-state index in [0.29, 0.717) is 0 Å². The Labute approximate surface area is 252 Å². The maximum absolute atomic E-state index is 5.22. The summed E-state index contributed by atoms with van der Waals surface area (Å²) in [6, 6.07) is 41.7. The lowest BCUT2D eigenvalue weighted by atomic mass is 10.0. The molecule has 0 aliphatic heterocycles.